The third-order valence-corrected chi connectivity index (χ3v) is 5.45. The van der Waals surface area contributed by atoms with E-state index in [1.54, 1.807) is 12.1 Å². The Morgan fingerprint density at radius 3 is 2.65 bits per heavy atom. The van der Waals surface area contributed by atoms with Crippen LogP contribution in [0.3, 0.4) is 0 Å². The summed E-state index contributed by atoms with van der Waals surface area (Å²) in [6.07, 6.45) is 0. The van der Waals surface area contributed by atoms with E-state index in [1.165, 1.54) is 37.3 Å². The van der Waals surface area contributed by atoms with Crippen molar-refractivity contribution in [3.05, 3.63) is 17.2 Å². The summed E-state index contributed by atoms with van der Waals surface area (Å²) in [6.45, 7) is 5.07. The Morgan fingerprint density at radius 1 is 1.27 bits per heavy atom. The van der Waals surface area contributed by atoms with Crippen molar-refractivity contribution in [1.82, 2.24) is 10.2 Å². The molecule has 0 aliphatic rings. The van der Waals surface area contributed by atoms with Gasteiger partial charge in [0.1, 0.15) is 11.5 Å². The van der Waals surface area contributed by atoms with Crippen molar-refractivity contribution < 1.29 is 14.3 Å². The number of rotatable bonds is 9. The molecule has 0 unspecified atom stereocenters. The van der Waals surface area contributed by atoms with Crippen molar-refractivity contribution in [1.29, 1.82) is 0 Å². The zero-order valence-electron chi connectivity index (χ0n) is 15.0. The predicted octanol–water partition coefficient (Wildman–Crippen LogP) is 4.01. The normalized spacial score (nSPS) is 10.7. The molecule has 1 aromatic carbocycles. The average molecular weight is 417 g/mol. The highest BCUT2D eigenvalue weighted by Crippen LogP contribution is 2.36. The first-order valence-electron chi connectivity index (χ1n) is 7.84. The van der Waals surface area contributed by atoms with Crippen molar-refractivity contribution in [3.63, 3.8) is 0 Å². The Balaban J connectivity index is 1.93. The quantitative estimate of drug-likeness (QED) is 0.597. The minimum atomic E-state index is -0.190. The van der Waals surface area contributed by atoms with Gasteiger partial charge in [0.05, 0.1) is 30.7 Å². The number of nitrogens with one attached hydrogen (secondary N) is 2. The Bertz CT molecular complexity index is 755. The zero-order valence-corrected chi connectivity index (χ0v) is 17.3. The minimum absolute atomic E-state index is 0.190. The number of hydrogen-bond acceptors (Lipinski definition) is 8. The lowest BCUT2D eigenvalue weighted by molar-refractivity contribution is -0.113. The molecule has 1 aromatic heterocycles. The fourth-order valence-electron chi connectivity index (χ4n) is 1.90. The van der Waals surface area contributed by atoms with Gasteiger partial charge in [-0.25, -0.2) is 0 Å². The number of aromatic nitrogens is 2. The van der Waals surface area contributed by atoms with Crippen molar-refractivity contribution in [2.45, 2.75) is 18.2 Å². The molecule has 0 aliphatic heterocycles. The fourth-order valence-corrected chi connectivity index (χ4v) is 3.69. The van der Waals surface area contributed by atoms with E-state index < -0.39 is 0 Å². The van der Waals surface area contributed by atoms with Crippen molar-refractivity contribution in [2.75, 3.05) is 37.2 Å². The summed E-state index contributed by atoms with van der Waals surface area (Å²) >= 11 is 8.81. The molecular formula is C16H21ClN4O3S2. The van der Waals surface area contributed by atoms with Crippen LogP contribution in [0.5, 0.6) is 11.5 Å². The highest BCUT2D eigenvalue weighted by Gasteiger charge is 2.14. The molecule has 7 nitrogen and oxygen atoms in total. The molecule has 0 saturated heterocycles. The number of hydrogen-bond donors (Lipinski definition) is 2. The number of carbonyl (C=O) groups is 1. The number of benzene rings is 1. The van der Waals surface area contributed by atoms with E-state index in [-0.39, 0.29) is 11.7 Å². The molecule has 2 rings (SSSR count). The second kappa shape index (κ2) is 9.84. The summed E-state index contributed by atoms with van der Waals surface area (Å²) in [5, 5.41) is 15.3. The minimum Gasteiger partial charge on any atom is -0.495 e. The third-order valence-electron chi connectivity index (χ3n) is 3.14. The van der Waals surface area contributed by atoms with Gasteiger partial charge in [-0.2, -0.15) is 0 Å². The smallest absolute Gasteiger partial charge is 0.234 e. The van der Waals surface area contributed by atoms with E-state index in [2.05, 4.69) is 34.7 Å². The van der Waals surface area contributed by atoms with Crippen LogP contribution in [0.2, 0.25) is 5.02 Å². The Kier molecular flexibility index (Phi) is 7.80. The molecule has 0 bridgehead atoms. The second-order valence-electron chi connectivity index (χ2n) is 5.67. The lowest BCUT2D eigenvalue weighted by Crippen LogP contribution is -2.14. The van der Waals surface area contributed by atoms with Gasteiger partial charge in [0, 0.05) is 18.7 Å². The molecule has 26 heavy (non-hydrogen) atoms. The molecule has 10 heteroatoms. The summed E-state index contributed by atoms with van der Waals surface area (Å²) in [5.41, 5.74) is 0.496. The molecule has 2 aromatic rings. The van der Waals surface area contributed by atoms with Gasteiger partial charge >= 0.3 is 0 Å². The summed E-state index contributed by atoms with van der Waals surface area (Å²) in [4.78, 5) is 12.2. The van der Waals surface area contributed by atoms with Crippen LogP contribution in [0, 0.1) is 5.92 Å². The SMILES string of the molecule is COc1cc(NC(=O)CSc2nnc(NCC(C)C)s2)c(OC)cc1Cl. The van der Waals surface area contributed by atoms with Gasteiger partial charge in [-0.15, -0.1) is 10.2 Å². The molecule has 142 valence electrons. The van der Waals surface area contributed by atoms with E-state index in [0.717, 1.165) is 16.0 Å². The summed E-state index contributed by atoms with van der Waals surface area (Å²) in [7, 11) is 3.02. The van der Waals surface area contributed by atoms with Gasteiger partial charge in [-0.3, -0.25) is 4.79 Å². The molecule has 0 atom stereocenters. The number of thioether (sulfide) groups is 1. The van der Waals surface area contributed by atoms with E-state index >= 15 is 0 Å². The zero-order chi connectivity index (χ0) is 19.1. The molecule has 1 heterocycles. The van der Waals surface area contributed by atoms with Gasteiger partial charge in [0.25, 0.3) is 0 Å². The first kappa shape index (κ1) is 20.6. The number of nitrogens with zero attached hydrogens (tertiary/aromatic N) is 2. The van der Waals surface area contributed by atoms with Gasteiger partial charge in [0.15, 0.2) is 4.34 Å². The fraction of sp³-hybridized carbons (Fsp3) is 0.438. The summed E-state index contributed by atoms with van der Waals surface area (Å²) in [5.74, 6) is 1.45. The van der Waals surface area contributed by atoms with Gasteiger partial charge in [0.2, 0.25) is 11.0 Å². The maximum atomic E-state index is 12.2. The molecule has 0 aliphatic carbocycles. The topological polar surface area (TPSA) is 85.4 Å². The van der Waals surface area contributed by atoms with E-state index in [9.17, 15) is 4.79 Å². The predicted molar refractivity (Wildman–Crippen MR) is 107 cm³/mol. The van der Waals surface area contributed by atoms with Crippen LogP contribution in [-0.4, -0.2) is 42.6 Å². The highest BCUT2D eigenvalue weighted by atomic mass is 35.5. The van der Waals surface area contributed by atoms with Gasteiger partial charge in [-0.1, -0.05) is 48.5 Å². The second-order valence-corrected chi connectivity index (χ2v) is 8.28. The van der Waals surface area contributed by atoms with Crippen LogP contribution in [-0.2, 0) is 4.79 Å². The number of carbonyl (C=O) groups excluding carboxylic acids is 1. The third kappa shape index (κ3) is 5.93. The lowest BCUT2D eigenvalue weighted by atomic mass is 10.2. The first-order chi connectivity index (χ1) is 12.4. The number of ether oxygens (including phenoxy) is 2. The molecule has 0 radical (unpaired) electrons. The largest absolute Gasteiger partial charge is 0.495 e. The van der Waals surface area contributed by atoms with Gasteiger partial charge in [-0.05, 0) is 5.92 Å². The van der Waals surface area contributed by atoms with E-state index in [4.69, 9.17) is 21.1 Å². The van der Waals surface area contributed by atoms with Crippen molar-refractivity contribution in [3.8, 4) is 11.5 Å². The average Bonchev–Trinajstić information content (AvgIpc) is 3.07. The number of anilines is 2. The Hall–Kier alpha value is -1.71. The molecule has 2 N–H and O–H groups in total. The van der Waals surface area contributed by atoms with E-state index in [1.807, 2.05) is 0 Å². The van der Waals surface area contributed by atoms with Crippen molar-refractivity contribution in [2.24, 2.45) is 5.92 Å². The maximum Gasteiger partial charge on any atom is 0.234 e. The van der Waals surface area contributed by atoms with Crippen LogP contribution in [0.25, 0.3) is 0 Å². The summed E-state index contributed by atoms with van der Waals surface area (Å²) < 4.78 is 11.1. The first-order valence-corrected chi connectivity index (χ1v) is 10.0. The highest BCUT2D eigenvalue weighted by molar-refractivity contribution is 8.01. The van der Waals surface area contributed by atoms with E-state index in [0.29, 0.717) is 28.1 Å². The van der Waals surface area contributed by atoms with Crippen LogP contribution < -0.4 is 20.1 Å². The maximum absolute atomic E-state index is 12.2. The monoisotopic (exact) mass is 416 g/mol. The number of halogens is 1. The van der Waals surface area contributed by atoms with Crippen LogP contribution in [0.4, 0.5) is 10.8 Å². The molecule has 0 spiro atoms. The molecule has 0 fully saturated rings. The Labute approximate surface area is 165 Å². The lowest BCUT2D eigenvalue weighted by Gasteiger charge is -2.12. The van der Waals surface area contributed by atoms with Crippen LogP contribution in [0.1, 0.15) is 13.8 Å². The standard InChI is InChI=1S/C16H21ClN4O3S2/c1-9(2)7-18-15-20-21-16(26-15)25-8-14(22)19-11-6-12(23-3)10(17)5-13(11)24-4/h5-6,9H,7-8H2,1-4H3,(H,18,20)(H,19,22). The number of amides is 1. The number of methoxy groups -OCH3 is 2. The molecule has 1 amide bonds. The Morgan fingerprint density at radius 2 is 2.00 bits per heavy atom. The molecular weight excluding hydrogens is 396 g/mol. The van der Waals surface area contributed by atoms with Crippen LogP contribution >= 0.6 is 34.7 Å². The summed E-state index contributed by atoms with van der Waals surface area (Å²) in [6, 6.07) is 3.23. The van der Waals surface area contributed by atoms with Crippen molar-refractivity contribution >= 4 is 51.4 Å². The van der Waals surface area contributed by atoms with Gasteiger partial charge < -0.3 is 20.1 Å². The molecule has 0 saturated carbocycles. The van der Waals surface area contributed by atoms with Crippen LogP contribution in [0.15, 0.2) is 16.5 Å².